The fourth-order valence-electron chi connectivity index (χ4n) is 2.28. The Bertz CT molecular complexity index is 413. The fourth-order valence-corrected chi connectivity index (χ4v) is 2.96. The normalized spacial score (nSPS) is 28.8. The van der Waals surface area contributed by atoms with Gasteiger partial charge in [-0.2, -0.15) is 4.98 Å². The summed E-state index contributed by atoms with van der Waals surface area (Å²) < 4.78 is 5.65. The summed E-state index contributed by atoms with van der Waals surface area (Å²) >= 11 is 1.83. The van der Waals surface area contributed by atoms with Crippen LogP contribution in [-0.2, 0) is 11.2 Å². The van der Waals surface area contributed by atoms with Gasteiger partial charge in [0, 0.05) is 10.8 Å². The second kappa shape index (κ2) is 4.85. The molecule has 2 atom stereocenters. The lowest BCUT2D eigenvalue weighted by atomic mass is 9.85. The molecular formula is C13H23N3OS. The van der Waals surface area contributed by atoms with Crippen molar-refractivity contribution in [1.82, 2.24) is 10.1 Å². The van der Waals surface area contributed by atoms with Crippen molar-refractivity contribution in [2.45, 2.75) is 68.9 Å². The fraction of sp³-hybridized carbons (Fsp3) is 0.846. The van der Waals surface area contributed by atoms with Gasteiger partial charge in [0.2, 0.25) is 5.89 Å². The first-order valence-electron chi connectivity index (χ1n) is 6.54. The van der Waals surface area contributed by atoms with E-state index >= 15 is 0 Å². The zero-order valence-corrected chi connectivity index (χ0v) is 12.5. The van der Waals surface area contributed by atoms with Crippen LogP contribution in [0.3, 0.4) is 0 Å². The van der Waals surface area contributed by atoms with Crippen LogP contribution >= 0.6 is 11.8 Å². The number of rotatable bonds is 3. The largest absolute Gasteiger partial charge is 0.339 e. The van der Waals surface area contributed by atoms with Gasteiger partial charge in [0.05, 0.1) is 11.2 Å². The zero-order valence-electron chi connectivity index (χ0n) is 11.7. The van der Waals surface area contributed by atoms with Crippen molar-refractivity contribution in [3.8, 4) is 0 Å². The standard InChI is InChI=1S/C13H23N3OS/c1-12(2,3)18-8-10-15-11(17-16-10)13(4)7-5-6-9(13)14/h9H,5-8,14H2,1-4H3. The van der Waals surface area contributed by atoms with Gasteiger partial charge < -0.3 is 10.3 Å². The van der Waals surface area contributed by atoms with Crippen molar-refractivity contribution in [3.05, 3.63) is 11.7 Å². The monoisotopic (exact) mass is 269 g/mol. The average Bonchev–Trinajstić information content (AvgIpc) is 2.84. The minimum atomic E-state index is -0.127. The molecule has 2 rings (SSSR count). The van der Waals surface area contributed by atoms with Crippen LogP contribution in [0.4, 0.5) is 0 Å². The minimum absolute atomic E-state index is 0.127. The van der Waals surface area contributed by atoms with Crippen molar-refractivity contribution < 1.29 is 4.52 Å². The van der Waals surface area contributed by atoms with Crippen molar-refractivity contribution in [1.29, 1.82) is 0 Å². The predicted octanol–water partition coefficient (Wildman–Crippen LogP) is 2.87. The molecule has 1 aromatic heterocycles. The van der Waals surface area contributed by atoms with Gasteiger partial charge in [-0.3, -0.25) is 0 Å². The Morgan fingerprint density at radius 1 is 1.50 bits per heavy atom. The molecule has 0 saturated heterocycles. The second-order valence-corrected chi connectivity index (χ2v) is 8.14. The highest BCUT2D eigenvalue weighted by atomic mass is 32.2. The third-order valence-electron chi connectivity index (χ3n) is 3.62. The smallest absolute Gasteiger partial charge is 0.234 e. The average molecular weight is 269 g/mol. The van der Waals surface area contributed by atoms with Crippen LogP contribution < -0.4 is 5.73 Å². The second-order valence-electron chi connectivity index (χ2n) is 6.33. The SMILES string of the molecule is CC(C)(C)SCc1noc(C2(C)CCCC2N)n1. The molecule has 1 aliphatic carbocycles. The third-order valence-corrected chi connectivity index (χ3v) is 4.89. The summed E-state index contributed by atoms with van der Waals surface area (Å²) in [7, 11) is 0. The maximum absolute atomic E-state index is 6.16. The van der Waals surface area contributed by atoms with E-state index < -0.39 is 0 Å². The number of hydrogen-bond donors (Lipinski definition) is 1. The zero-order chi connectivity index (χ0) is 13.4. The molecule has 1 heterocycles. The maximum atomic E-state index is 6.16. The number of nitrogens with two attached hydrogens (primary N) is 1. The van der Waals surface area contributed by atoms with Gasteiger partial charge in [0.25, 0.3) is 0 Å². The topological polar surface area (TPSA) is 64.9 Å². The number of hydrogen-bond acceptors (Lipinski definition) is 5. The highest BCUT2D eigenvalue weighted by Gasteiger charge is 2.42. The van der Waals surface area contributed by atoms with E-state index in [1.807, 2.05) is 11.8 Å². The molecule has 4 nitrogen and oxygen atoms in total. The lowest BCUT2D eigenvalue weighted by Gasteiger charge is -2.23. The van der Waals surface area contributed by atoms with Crippen LogP contribution in [0.1, 0.15) is 58.7 Å². The van der Waals surface area contributed by atoms with E-state index in [0.717, 1.165) is 36.7 Å². The highest BCUT2D eigenvalue weighted by molar-refractivity contribution is 7.99. The first-order valence-corrected chi connectivity index (χ1v) is 7.52. The van der Waals surface area contributed by atoms with E-state index in [2.05, 4.69) is 37.8 Å². The summed E-state index contributed by atoms with van der Waals surface area (Å²) in [5.41, 5.74) is 6.04. The molecule has 0 bridgehead atoms. The summed E-state index contributed by atoms with van der Waals surface area (Å²) in [5.74, 6) is 2.29. The van der Waals surface area contributed by atoms with Crippen LogP contribution in [0, 0.1) is 0 Å². The molecule has 102 valence electrons. The minimum Gasteiger partial charge on any atom is -0.339 e. The molecule has 1 fully saturated rings. The first-order chi connectivity index (χ1) is 8.31. The summed E-state index contributed by atoms with van der Waals surface area (Å²) in [5, 5.41) is 4.08. The molecule has 1 aromatic rings. The Balaban J connectivity index is 2.06. The van der Waals surface area contributed by atoms with E-state index in [4.69, 9.17) is 10.3 Å². The Labute approximate surface area is 113 Å². The molecular weight excluding hydrogens is 246 g/mol. The van der Waals surface area contributed by atoms with E-state index in [9.17, 15) is 0 Å². The van der Waals surface area contributed by atoms with Gasteiger partial charge in [-0.25, -0.2) is 0 Å². The maximum Gasteiger partial charge on any atom is 0.234 e. The van der Waals surface area contributed by atoms with Gasteiger partial charge in [-0.15, -0.1) is 11.8 Å². The number of aromatic nitrogens is 2. The van der Waals surface area contributed by atoms with Gasteiger partial charge in [0.15, 0.2) is 5.82 Å². The van der Waals surface area contributed by atoms with Crippen molar-refractivity contribution in [3.63, 3.8) is 0 Å². The van der Waals surface area contributed by atoms with Gasteiger partial charge in [0.1, 0.15) is 0 Å². The van der Waals surface area contributed by atoms with Gasteiger partial charge >= 0.3 is 0 Å². The van der Waals surface area contributed by atoms with Crippen LogP contribution in [0.5, 0.6) is 0 Å². The van der Waals surface area contributed by atoms with E-state index in [0.29, 0.717) is 0 Å². The summed E-state index contributed by atoms with van der Waals surface area (Å²) in [6.45, 7) is 8.70. The summed E-state index contributed by atoms with van der Waals surface area (Å²) in [6, 6.07) is 0.140. The molecule has 1 aliphatic rings. The van der Waals surface area contributed by atoms with Crippen LogP contribution in [0.15, 0.2) is 4.52 Å². The summed E-state index contributed by atoms with van der Waals surface area (Å²) in [4.78, 5) is 4.54. The number of thioether (sulfide) groups is 1. The molecule has 1 saturated carbocycles. The lowest BCUT2D eigenvalue weighted by molar-refractivity contribution is 0.277. The molecule has 0 aliphatic heterocycles. The molecule has 0 aromatic carbocycles. The Morgan fingerprint density at radius 2 is 2.22 bits per heavy atom. The Morgan fingerprint density at radius 3 is 2.78 bits per heavy atom. The van der Waals surface area contributed by atoms with Crippen LogP contribution in [0.25, 0.3) is 0 Å². The van der Waals surface area contributed by atoms with Crippen LogP contribution in [-0.4, -0.2) is 20.9 Å². The quantitative estimate of drug-likeness (QED) is 0.914. The number of nitrogens with zero attached hydrogens (tertiary/aromatic N) is 2. The molecule has 5 heteroatoms. The Hall–Kier alpha value is -0.550. The van der Waals surface area contributed by atoms with Gasteiger partial charge in [-0.05, 0) is 19.8 Å². The van der Waals surface area contributed by atoms with Gasteiger partial charge in [-0.1, -0.05) is 32.3 Å². The predicted molar refractivity (Wildman–Crippen MR) is 74.5 cm³/mol. The molecule has 2 N–H and O–H groups in total. The van der Waals surface area contributed by atoms with E-state index in [-0.39, 0.29) is 16.2 Å². The lowest BCUT2D eigenvalue weighted by Crippen LogP contribution is -2.38. The molecule has 18 heavy (non-hydrogen) atoms. The highest BCUT2D eigenvalue weighted by Crippen LogP contribution is 2.39. The van der Waals surface area contributed by atoms with Crippen molar-refractivity contribution in [2.75, 3.05) is 0 Å². The van der Waals surface area contributed by atoms with E-state index in [1.54, 1.807) is 0 Å². The van der Waals surface area contributed by atoms with Crippen molar-refractivity contribution >= 4 is 11.8 Å². The molecule has 0 radical (unpaired) electrons. The van der Waals surface area contributed by atoms with E-state index in [1.165, 1.54) is 0 Å². The molecule has 0 spiro atoms. The molecule has 0 amide bonds. The Kier molecular flexibility index (Phi) is 3.74. The molecule has 2 unspecified atom stereocenters. The van der Waals surface area contributed by atoms with Crippen molar-refractivity contribution in [2.24, 2.45) is 5.73 Å². The van der Waals surface area contributed by atoms with Crippen LogP contribution in [0.2, 0.25) is 0 Å². The summed E-state index contributed by atoms with van der Waals surface area (Å²) in [6.07, 6.45) is 3.24. The third kappa shape index (κ3) is 2.88. The first kappa shape index (κ1) is 13.9.